The Bertz CT molecular complexity index is 46.8. The summed E-state index contributed by atoms with van der Waals surface area (Å²) in [6.45, 7) is 4.56. The van der Waals surface area contributed by atoms with Gasteiger partial charge in [0.1, 0.15) is 0 Å². The van der Waals surface area contributed by atoms with Gasteiger partial charge < -0.3 is 4.55 Å². The first-order valence-corrected chi connectivity index (χ1v) is 2.27. The van der Waals surface area contributed by atoms with Crippen LogP contribution in [0, 0.1) is 6.92 Å². The molecule has 0 aromatic carbocycles. The number of hydrogen-bond donors (Lipinski definition) is 0. The van der Waals surface area contributed by atoms with E-state index in [0.717, 1.165) is 0 Å². The zero-order chi connectivity index (χ0) is 4.28. The molecule has 0 fully saturated rings. The molecule has 0 aromatic rings. The molecule has 6 heavy (non-hydrogen) atoms. The predicted molar refractivity (Wildman–Crippen MR) is 18.1 cm³/mol. The standard InChI is InChI=1S/C2H4O2S.Na/c1-2-5(3)4;/h1H,2H2,(H,3,4);/q;+1/p-1. The molecule has 0 heterocycles. The third-order valence-corrected chi connectivity index (χ3v) is 0.408. The van der Waals surface area contributed by atoms with Crippen LogP contribution in [0.25, 0.3) is 0 Å². The van der Waals surface area contributed by atoms with Gasteiger partial charge in [-0.25, -0.2) is 0 Å². The molecule has 0 aliphatic carbocycles. The summed E-state index contributed by atoms with van der Waals surface area (Å²) in [6, 6.07) is 0. The van der Waals surface area contributed by atoms with Crippen molar-refractivity contribution < 1.29 is 38.3 Å². The maximum Gasteiger partial charge on any atom is 1.00 e. The summed E-state index contributed by atoms with van der Waals surface area (Å²) in [4.78, 5) is 0. The Morgan fingerprint density at radius 1 is 1.83 bits per heavy atom. The van der Waals surface area contributed by atoms with Crippen LogP contribution in [-0.4, -0.2) is 14.5 Å². The monoisotopic (exact) mass is 114 g/mol. The average molecular weight is 114 g/mol. The van der Waals surface area contributed by atoms with Crippen molar-refractivity contribution in [1.82, 2.24) is 0 Å². The summed E-state index contributed by atoms with van der Waals surface area (Å²) in [5.41, 5.74) is 0. The summed E-state index contributed by atoms with van der Waals surface area (Å²) in [5.74, 6) is -0.278. The smallest absolute Gasteiger partial charge is 0.772 e. The minimum absolute atomic E-state index is 0. The molecule has 0 N–H and O–H groups in total. The van der Waals surface area contributed by atoms with Gasteiger partial charge in [-0.2, -0.15) is 0 Å². The molecule has 0 aromatic heterocycles. The first-order chi connectivity index (χ1) is 2.27. The minimum atomic E-state index is -2.04. The second-order valence-electron chi connectivity index (χ2n) is 0.470. The Labute approximate surface area is 61.9 Å². The second-order valence-corrected chi connectivity index (χ2v) is 1.41. The molecule has 0 rings (SSSR count). The zero-order valence-electron chi connectivity index (χ0n) is 3.51. The average Bonchev–Trinajstić information content (AvgIpc) is 1.38. The molecule has 0 aliphatic heterocycles. The quantitative estimate of drug-likeness (QED) is 0.263. The largest absolute Gasteiger partial charge is 1.00 e. The van der Waals surface area contributed by atoms with Gasteiger partial charge in [-0.15, -0.1) is 0 Å². The number of rotatable bonds is 1. The minimum Gasteiger partial charge on any atom is -0.772 e. The fourth-order valence-corrected chi connectivity index (χ4v) is 0. The van der Waals surface area contributed by atoms with E-state index in [0.29, 0.717) is 0 Å². The fraction of sp³-hybridized carbons (Fsp3) is 0.500. The van der Waals surface area contributed by atoms with Crippen LogP contribution < -0.4 is 29.6 Å². The summed E-state index contributed by atoms with van der Waals surface area (Å²) >= 11 is -2.04. The van der Waals surface area contributed by atoms with Crippen molar-refractivity contribution in [2.24, 2.45) is 0 Å². The van der Waals surface area contributed by atoms with Crippen molar-refractivity contribution in [3.63, 3.8) is 0 Å². The predicted octanol–water partition coefficient (Wildman–Crippen LogP) is -3.42. The molecule has 30 valence electrons. The van der Waals surface area contributed by atoms with Gasteiger partial charge in [0.2, 0.25) is 0 Å². The molecule has 2 radical (unpaired) electrons. The topological polar surface area (TPSA) is 40.1 Å². The van der Waals surface area contributed by atoms with Gasteiger partial charge in [0.25, 0.3) is 0 Å². The Morgan fingerprint density at radius 3 is 2.00 bits per heavy atom. The van der Waals surface area contributed by atoms with Crippen LogP contribution in [-0.2, 0) is 11.1 Å². The Morgan fingerprint density at radius 2 is 2.00 bits per heavy atom. The van der Waals surface area contributed by atoms with E-state index in [1.165, 1.54) is 0 Å². The molecular weight excluding hydrogens is 111 g/mol. The molecule has 0 spiro atoms. The molecule has 0 aliphatic rings. The molecule has 0 amide bonds. The number of hydrogen-bond acceptors (Lipinski definition) is 2. The van der Waals surface area contributed by atoms with Gasteiger partial charge in [-0.1, -0.05) is 11.1 Å². The van der Waals surface area contributed by atoms with Gasteiger partial charge in [0, 0.05) is 5.75 Å². The Kier molecular flexibility index (Phi) is 10.4. The van der Waals surface area contributed by atoms with Crippen LogP contribution in [0.3, 0.4) is 0 Å². The van der Waals surface area contributed by atoms with Crippen molar-refractivity contribution in [3.05, 3.63) is 6.92 Å². The van der Waals surface area contributed by atoms with Crippen molar-refractivity contribution in [3.8, 4) is 0 Å². The first-order valence-electron chi connectivity index (χ1n) is 1.03. The molecular formula is C2H3NaO2S. The van der Waals surface area contributed by atoms with Crippen LogP contribution in [0.4, 0.5) is 0 Å². The Hall–Kier alpha value is 1.11. The second kappa shape index (κ2) is 6.11. The van der Waals surface area contributed by atoms with Crippen LogP contribution >= 0.6 is 0 Å². The molecule has 0 saturated heterocycles. The maximum absolute atomic E-state index is 9.24. The summed E-state index contributed by atoms with van der Waals surface area (Å²) in [6.07, 6.45) is 0. The van der Waals surface area contributed by atoms with Crippen LogP contribution in [0.15, 0.2) is 0 Å². The van der Waals surface area contributed by atoms with Crippen LogP contribution in [0.1, 0.15) is 0 Å². The summed E-state index contributed by atoms with van der Waals surface area (Å²) in [5, 5.41) is 0. The molecule has 0 bridgehead atoms. The van der Waals surface area contributed by atoms with Gasteiger partial charge in [-0.05, 0) is 6.92 Å². The first kappa shape index (κ1) is 10.2. The fourth-order valence-electron chi connectivity index (χ4n) is 0. The maximum atomic E-state index is 9.24. The summed E-state index contributed by atoms with van der Waals surface area (Å²) in [7, 11) is 0. The summed E-state index contributed by atoms with van der Waals surface area (Å²) < 4.78 is 18.5. The third-order valence-electron chi connectivity index (χ3n) is 0.136. The van der Waals surface area contributed by atoms with Gasteiger partial charge in [-0.3, -0.25) is 4.21 Å². The van der Waals surface area contributed by atoms with E-state index < -0.39 is 11.1 Å². The van der Waals surface area contributed by atoms with E-state index >= 15 is 0 Å². The van der Waals surface area contributed by atoms with Crippen molar-refractivity contribution in [2.45, 2.75) is 0 Å². The zero-order valence-corrected chi connectivity index (χ0v) is 6.33. The molecule has 1 atom stereocenters. The van der Waals surface area contributed by atoms with E-state index in [1.807, 2.05) is 0 Å². The van der Waals surface area contributed by atoms with Crippen molar-refractivity contribution >= 4 is 11.1 Å². The van der Waals surface area contributed by atoms with Gasteiger partial charge in [0.15, 0.2) is 0 Å². The van der Waals surface area contributed by atoms with E-state index in [4.69, 9.17) is 0 Å². The van der Waals surface area contributed by atoms with Crippen molar-refractivity contribution in [1.29, 1.82) is 0 Å². The molecule has 0 saturated carbocycles. The van der Waals surface area contributed by atoms with Gasteiger partial charge in [0.05, 0.1) is 0 Å². The van der Waals surface area contributed by atoms with E-state index in [1.54, 1.807) is 0 Å². The van der Waals surface area contributed by atoms with E-state index in [9.17, 15) is 8.76 Å². The van der Waals surface area contributed by atoms with Crippen LogP contribution in [0.2, 0.25) is 0 Å². The van der Waals surface area contributed by atoms with Crippen molar-refractivity contribution in [2.75, 3.05) is 5.75 Å². The third kappa shape index (κ3) is 8.92. The Balaban J connectivity index is 0. The normalized spacial score (nSPS) is 12.3. The molecule has 1 unspecified atom stereocenters. The molecule has 4 heteroatoms. The van der Waals surface area contributed by atoms with Gasteiger partial charge >= 0.3 is 29.6 Å². The molecule has 2 nitrogen and oxygen atoms in total. The van der Waals surface area contributed by atoms with E-state index in [-0.39, 0.29) is 35.3 Å². The SMILES string of the molecule is [CH]CS(=O)[O-].[Na+]. The van der Waals surface area contributed by atoms with E-state index in [2.05, 4.69) is 6.92 Å². The van der Waals surface area contributed by atoms with Crippen LogP contribution in [0.5, 0.6) is 0 Å².